The standard InChI is InChI=1S/C12H16O3/c1-9(15-10(2)13)8-11-6-4-5-7-12(11)14-3/h4-7,9H,8H2,1-3H3. The van der Waals surface area contributed by atoms with Gasteiger partial charge in [0, 0.05) is 13.3 Å². The molecule has 0 aliphatic rings. The van der Waals surface area contributed by atoms with Crippen LogP contribution in [0.4, 0.5) is 0 Å². The third-order valence-electron chi connectivity index (χ3n) is 2.07. The fraction of sp³-hybridized carbons (Fsp3) is 0.417. The lowest BCUT2D eigenvalue weighted by atomic mass is 10.1. The molecule has 0 spiro atoms. The van der Waals surface area contributed by atoms with Gasteiger partial charge in [0.15, 0.2) is 0 Å². The molecule has 3 heteroatoms. The van der Waals surface area contributed by atoms with E-state index >= 15 is 0 Å². The van der Waals surface area contributed by atoms with Gasteiger partial charge in [0.25, 0.3) is 0 Å². The first-order chi connectivity index (χ1) is 7.13. The van der Waals surface area contributed by atoms with Crippen LogP contribution < -0.4 is 4.74 Å². The average Bonchev–Trinajstić information content (AvgIpc) is 2.17. The van der Waals surface area contributed by atoms with E-state index in [0.717, 1.165) is 11.3 Å². The second-order valence-corrected chi connectivity index (χ2v) is 3.44. The number of hydrogen-bond donors (Lipinski definition) is 0. The van der Waals surface area contributed by atoms with Crippen molar-refractivity contribution in [3.8, 4) is 5.75 Å². The van der Waals surface area contributed by atoms with E-state index < -0.39 is 0 Å². The van der Waals surface area contributed by atoms with Crippen LogP contribution in [0.2, 0.25) is 0 Å². The first-order valence-corrected chi connectivity index (χ1v) is 4.92. The fourth-order valence-corrected chi connectivity index (χ4v) is 1.51. The summed E-state index contributed by atoms with van der Waals surface area (Å²) in [6, 6.07) is 7.73. The van der Waals surface area contributed by atoms with E-state index in [0.29, 0.717) is 6.42 Å². The van der Waals surface area contributed by atoms with Gasteiger partial charge in [-0.2, -0.15) is 0 Å². The van der Waals surface area contributed by atoms with Gasteiger partial charge >= 0.3 is 5.97 Å². The van der Waals surface area contributed by atoms with Crippen molar-refractivity contribution in [2.75, 3.05) is 7.11 Å². The molecule has 0 aromatic heterocycles. The Morgan fingerprint density at radius 2 is 2.07 bits per heavy atom. The van der Waals surface area contributed by atoms with Crippen LogP contribution in [0.3, 0.4) is 0 Å². The quantitative estimate of drug-likeness (QED) is 0.711. The highest BCUT2D eigenvalue weighted by molar-refractivity contribution is 5.66. The molecule has 3 nitrogen and oxygen atoms in total. The number of methoxy groups -OCH3 is 1. The molecule has 0 amide bonds. The molecule has 0 aliphatic carbocycles. The summed E-state index contributed by atoms with van der Waals surface area (Å²) >= 11 is 0. The molecule has 1 unspecified atom stereocenters. The van der Waals surface area contributed by atoms with Gasteiger partial charge in [-0.1, -0.05) is 18.2 Å². The molecule has 0 saturated heterocycles. The summed E-state index contributed by atoms with van der Waals surface area (Å²) in [5.41, 5.74) is 1.05. The molecule has 1 rings (SSSR count). The number of esters is 1. The van der Waals surface area contributed by atoms with E-state index in [2.05, 4.69) is 0 Å². The molecule has 1 aromatic carbocycles. The van der Waals surface area contributed by atoms with Crippen molar-refractivity contribution in [2.24, 2.45) is 0 Å². The highest BCUT2D eigenvalue weighted by Crippen LogP contribution is 2.19. The summed E-state index contributed by atoms with van der Waals surface area (Å²) in [6.07, 6.45) is 0.544. The van der Waals surface area contributed by atoms with Gasteiger partial charge in [-0.25, -0.2) is 0 Å². The van der Waals surface area contributed by atoms with Gasteiger partial charge in [-0.15, -0.1) is 0 Å². The lowest BCUT2D eigenvalue weighted by Gasteiger charge is -2.13. The zero-order valence-corrected chi connectivity index (χ0v) is 9.32. The number of para-hydroxylation sites is 1. The molecule has 0 bridgehead atoms. The largest absolute Gasteiger partial charge is 0.496 e. The molecule has 0 heterocycles. The van der Waals surface area contributed by atoms with Gasteiger partial charge < -0.3 is 9.47 Å². The van der Waals surface area contributed by atoms with Gasteiger partial charge in [-0.05, 0) is 18.6 Å². The lowest BCUT2D eigenvalue weighted by Crippen LogP contribution is -2.15. The van der Waals surface area contributed by atoms with Crippen LogP contribution in [-0.4, -0.2) is 19.2 Å². The average molecular weight is 208 g/mol. The minimum Gasteiger partial charge on any atom is -0.496 e. The number of rotatable bonds is 4. The third-order valence-corrected chi connectivity index (χ3v) is 2.07. The van der Waals surface area contributed by atoms with Crippen molar-refractivity contribution in [3.63, 3.8) is 0 Å². The van der Waals surface area contributed by atoms with Gasteiger partial charge in [-0.3, -0.25) is 4.79 Å². The Morgan fingerprint density at radius 3 is 2.67 bits per heavy atom. The number of hydrogen-bond acceptors (Lipinski definition) is 3. The van der Waals surface area contributed by atoms with Gasteiger partial charge in [0.1, 0.15) is 11.9 Å². The predicted octanol–water partition coefficient (Wildman–Crippen LogP) is 2.19. The topological polar surface area (TPSA) is 35.5 Å². The Balaban J connectivity index is 2.67. The number of benzene rings is 1. The van der Waals surface area contributed by atoms with Crippen molar-refractivity contribution in [2.45, 2.75) is 26.4 Å². The van der Waals surface area contributed by atoms with Gasteiger partial charge in [0.2, 0.25) is 0 Å². The zero-order valence-electron chi connectivity index (χ0n) is 9.32. The molecule has 0 N–H and O–H groups in total. The summed E-state index contributed by atoms with van der Waals surface area (Å²) in [6.45, 7) is 3.28. The molecule has 0 saturated carbocycles. The normalized spacial score (nSPS) is 11.9. The number of carbonyl (C=O) groups excluding carboxylic acids is 1. The van der Waals surface area contributed by atoms with Crippen LogP contribution in [0, 0.1) is 0 Å². The van der Waals surface area contributed by atoms with Crippen molar-refractivity contribution >= 4 is 5.97 Å². The van der Waals surface area contributed by atoms with Crippen LogP contribution in [-0.2, 0) is 16.0 Å². The molecule has 82 valence electrons. The Bertz CT molecular complexity index is 333. The molecule has 1 atom stereocenters. The van der Waals surface area contributed by atoms with E-state index in [1.54, 1.807) is 7.11 Å². The molecular formula is C12H16O3. The predicted molar refractivity (Wildman–Crippen MR) is 57.9 cm³/mol. The maximum Gasteiger partial charge on any atom is 0.302 e. The monoisotopic (exact) mass is 208 g/mol. The van der Waals surface area contributed by atoms with Crippen LogP contribution in [0.5, 0.6) is 5.75 Å². The third kappa shape index (κ3) is 3.62. The van der Waals surface area contributed by atoms with Crippen LogP contribution in [0.1, 0.15) is 19.4 Å². The molecule has 0 aliphatic heterocycles. The molecule has 15 heavy (non-hydrogen) atoms. The molecule has 0 radical (unpaired) electrons. The summed E-state index contributed by atoms with van der Waals surface area (Å²) in [5, 5.41) is 0. The Morgan fingerprint density at radius 1 is 1.40 bits per heavy atom. The van der Waals surface area contributed by atoms with Crippen LogP contribution in [0.25, 0.3) is 0 Å². The Kier molecular flexibility index (Phi) is 4.16. The van der Waals surface area contributed by atoms with E-state index in [1.807, 2.05) is 31.2 Å². The van der Waals surface area contributed by atoms with Crippen molar-refractivity contribution in [1.29, 1.82) is 0 Å². The van der Waals surface area contributed by atoms with Crippen molar-refractivity contribution in [1.82, 2.24) is 0 Å². The highest BCUT2D eigenvalue weighted by atomic mass is 16.5. The van der Waals surface area contributed by atoms with Crippen LogP contribution >= 0.6 is 0 Å². The highest BCUT2D eigenvalue weighted by Gasteiger charge is 2.09. The summed E-state index contributed by atoms with van der Waals surface area (Å²) in [7, 11) is 1.63. The summed E-state index contributed by atoms with van der Waals surface area (Å²) < 4.78 is 10.3. The zero-order chi connectivity index (χ0) is 11.3. The first kappa shape index (κ1) is 11.6. The fourth-order valence-electron chi connectivity index (χ4n) is 1.51. The van der Waals surface area contributed by atoms with Crippen molar-refractivity contribution < 1.29 is 14.3 Å². The summed E-state index contributed by atoms with van der Waals surface area (Å²) in [5.74, 6) is 0.578. The molecule has 1 aromatic rings. The minimum atomic E-state index is -0.252. The second-order valence-electron chi connectivity index (χ2n) is 3.44. The van der Waals surface area contributed by atoms with E-state index in [4.69, 9.17) is 9.47 Å². The second kappa shape index (κ2) is 5.39. The smallest absolute Gasteiger partial charge is 0.302 e. The molecular weight excluding hydrogens is 192 g/mol. The SMILES string of the molecule is COc1ccccc1CC(C)OC(C)=O. The van der Waals surface area contributed by atoms with Crippen LogP contribution in [0.15, 0.2) is 24.3 Å². The maximum atomic E-state index is 10.7. The van der Waals surface area contributed by atoms with Gasteiger partial charge in [0.05, 0.1) is 7.11 Å². The number of carbonyl (C=O) groups is 1. The van der Waals surface area contributed by atoms with E-state index in [-0.39, 0.29) is 12.1 Å². The Labute approximate surface area is 90.0 Å². The number of ether oxygens (including phenoxy) is 2. The van der Waals surface area contributed by atoms with E-state index in [1.165, 1.54) is 6.92 Å². The summed E-state index contributed by atoms with van der Waals surface area (Å²) in [4.78, 5) is 10.7. The Hall–Kier alpha value is -1.51. The maximum absolute atomic E-state index is 10.7. The minimum absolute atomic E-state index is 0.126. The lowest BCUT2D eigenvalue weighted by molar-refractivity contribution is -0.145. The molecule has 0 fully saturated rings. The van der Waals surface area contributed by atoms with E-state index in [9.17, 15) is 4.79 Å². The first-order valence-electron chi connectivity index (χ1n) is 4.92. The van der Waals surface area contributed by atoms with Crippen molar-refractivity contribution in [3.05, 3.63) is 29.8 Å².